The zero-order valence-corrected chi connectivity index (χ0v) is 13.3. The Morgan fingerprint density at radius 2 is 1.52 bits per heavy atom. The van der Waals surface area contributed by atoms with Gasteiger partial charge in [0.1, 0.15) is 0 Å². The van der Waals surface area contributed by atoms with Gasteiger partial charge in [-0.2, -0.15) is 0 Å². The summed E-state index contributed by atoms with van der Waals surface area (Å²) in [6.45, 7) is 0.282. The number of hydrogen-bond acceptors (Lipinski definition) is 3. The molecule has 2 aliphatic rings. The van der Waals surface area contributed by atoms with Crippen molar-refractivity contribution in [1.82, 2.24) is 0 Å². The third-order valence-electron chi connectivity index (χ3n) is 4.34. The Bertz CT molecular complexity index is 808. The number of fused-ring (bicyclic) bond motifs is 1. The Balaban J connectivity index is 1.73. The highest BCUT2D eigenvalue weighted by molar-refractivity contribution is 7.79. The van der Waals surface area contributed by atoms with Crippen molar-refractivity contribution >= 4 is 22.2 Å². The van der Waals surface area contributed by atoms with E-state index in [9.17, 15) is 4.21 Å². The predicted octanol–water partition coefficient (Wildman–Crippen LogP) is 4.09. The van der Waals surface area contributed by atoms with Crippen molar-refractivity contribution in [3.63, 3.8) is 0 Å². The molecule has 4 rings (SSSR count). The van der Waals surface area contributed by atoms with Crippen LogP contribution in [0.5, 0.6) is 11.5 Å². The van der Waals surface area contributed by atoms with Gasteiger partial charge in [0.15, 0.2) is 22.6 Å². The summed E-state index contributed by atoms with van der Waals surface area (Å²) < 4.78 is 31.1. The van der Waals surface area contributed by atoms with Crippen LogP contribution in [0.25, 0.3) is 11.1 Å². The Kier molecular flexibility index (Phi) is 3.67. The molecule has 23 heavy (non-hydrogen) atoms. The SMILES string of the molecule is O=S(O)c1ccc(C2=C(c3ccc4c(c3)OCO4)CCC2)cc1. The molecular weight excluding hydrogens is 312 g/mol. The van der Waals surface area contributed by atoms with Gasteiger partial charge >= 0.3 is 0 Å². The molecule has 0 bridgehead atoms. The van der Waals surface area contributed by atoms with Crippen LogP contribution >= 0.6 is 0 Å². The molecule has 0 saturated carbocycles. The molecule has 1 unspecified atom stereocenters. The van der Waals surface area contributed by atoms with Crippen LogP contribution in [0.15, 0.2) is 47.4 Å². The van der Waals surface area contributed by atoms with E-state index in [-0.39, 0.29) is 6.79 Å². The highest BCUT2D eigenvalue weighted by atomic mass is 32.2. The van der Waals surface area contributed by atoms with Gasteiger partial charge in [-0.25, -0.2) is 4.21 Å². The molecular formula is C18H16O4S. The minimum Gasteiger partial charge on any atom is -0.454 e. The molecule has 1 aliphatic heterocycles. The first-order chi connectivity index (χ1) is 11.2. The third-order valence-corrected chi connectivity index (χ3v) is 5.02. The minimum atomic E-state index is -1.93. The first-order valence-electron chi connectivity index (χ1n) is 7.56. The van der Waals surface area contributed by atoms with Gasteiger partial charge in [-0.15, -0.1) is 0 Å². The normalized spacial score (nSPS) is 17.6. The number of benzene rings is 2. The minimum absolute atomic E-state index is 0.282. The van der Waals surface area contributed by atoms with Crippen LogP contribution in [0.2, 0.25) is 0 Å². The maximum atomic E-state index is 11.1. The van der Waals surface area contributed by atoms with E-state index in [1.807, 2.05) is 24.3 Å². The van der Waals surface area contributed by atoms with E-state index >= 15 is 0 Å². The van der Waals surface area contributed by atoms with E-state index in [0.717, 1.165) is 41.9 Å². The van der Waals surface area contributed by atoms with Crippen molar-refractivity contribution in [3.8, 4) is 11.5 Å². The smallest absolute Gasteiger partial charge is 0.231 e. The Hall–Kier alpha value is -2.11. The van der Waals surface area contributed by atoms with Crippen molar-refractivity contribution in [2.45, 2.75) is 24.2 Å². The van der Waals surface area contributed by atoms with Gasteiger partial charge in [-0.3, -0.25) is 0 Å². The quantitative estimate of drug-likeness (QED) is 0.862. The van der Waals surface area contributed by atoms with Gasteiger partial charge in [0.25, 0.3) is 0 Å². The summed E-state index contributed by atoms with van der Waals surface area (Å²) in [5.41, 5.74) is 4.90. The zero-order chi connectivity index (χ0) is 15.8. The van der Waals surface area contributed by atoms with E-state index in [2.05, 4.69) is 6.07 Å². The van der Waals surface area contributed by atoms with E-state index in [4.69, 9.17) is 14.0 Å². The second-order valence-electron chi connectivity index (χ2n) is 5.65. The van der Waals surface area contributed by atoms with Gasteiger partial charge in [0.05, 0.1) is 4.90 Å². The van der Waals surface area contributed by atoms with Crippen molar-refractivity contribution < 1.29 is 18.2 Å². The Morgan fingerprint density at radius 1 is 0.870 bits per heavy atom. The molecule has 0 amide bonds. The number of rotatable bonds is 3. The summed E-state index contributed by atoms with van der Waals surface area (Å²) >= 11 is -1.93. The van der Waals surface area contributed by atoms with Gasteiger partial charge in [-0.05, 0) is 65.8 Å². The van der Waals surface area contributed by atoms with Gasteiger partial charge in [0, 0.05) is 0 Å². The molecule has 2 aromatic rings. The standard InChI is InChI=1S/C18H16O4S/c19-23(20)14-7-4-12(5-8-14)15-2-1-3-16(15)13-6-9-17-18(10-13)22-11-21-17/h4-10H,1-3,11H2,(H,19,20). The molecule has 1 aliphatic carbocycles. The van der Waals surface area contributed by atoms with Gasteiger partial charge < -0.3 is 14.0 Å². The molecule has 5 heteroatoms. The fourth-order valence-electron chi connectivity index (χ4n) is 3.24. The highest BCUT2D eigenvalue weighted by Gasteiger charge is 2.20. The Labute approximate surface area is 137 Å². The average molecular weight is 328 g/mol. The molecule has 0 aromatic heterocycles. The molecule has 0 saturated heterocycles. The Morgan fingerprint density at radius 3 is 2.26 bits per heavy atom. The van der Waals surface area contributed by atoms with Crippen LogP contribution in [0.3, 0.4) is 0 Å². The average Bonchev–Trinajstić information content (AvgIpc) is 3.23. The molecule has 1 heterocycles. The predicted molar refractivity (Wildman–Crippen MR) is 88.7 cm³/mol. The maximum Gasteiger partial charge on any atom is 0.231 e. The lowest BCUT2D eigenvalue weighted by Crippen LogP contribution is -1.93. The molecule has 1 N–H and O–H groups in total. The summed E-state index contributed by atoms with van der Waals surface area (Å²) in [4.78, 5) is 0.428. The monoisotopic (exact) mass is 328 g/mol. The summed E-state index contributed by atoms with van der Waals surface area (Å²) in [6, 6.07) is 13.4. The lowest BCUT2D eigenvalue weighted by molar-refractivity contribution is 0.174. The molecule has 0 radical (unpaired) electrons. The fourth-order valence-corrected chi connectivity index (χ4v) is 3.61. The second kappa shape index (κ2) is 5.83. The summed E-state index contributed by atoms with van der Waals surface area (Å²) in [5, 5.41) is 0. The first kappa shape index (κ1) is 14.5. The lowest BCUT2D eigenvalue weighted by Gasteiger charge is -2.09. The second-order valence-corrected chi connectivity index (χ2v) is 6.62. The van der Waals surface area contributed by atoms with Crippen molar-refractivity contribution in [2.75, 3.05) is 6.79 Å². The number of hydrogen-bond donors (Lipinski definition) is 1. The van der Waals surface area contributed by atoms with Gasteiger partial charge in [0.2, 0.25) is 6.79 Å². The van der Waals surface area contributed by atoms with E-state index < -0.39 is 11.1 Å². The fraction of sp³-hybridized carbons (Fsp3) is 0.222. The first-order valence-corrected chi connectivity index (χ1v) is 8.66. The maximum absolute atomic E-state index is 11.1. The number of ether oxygens (including phenoxy) is 2. The molecule has 2 aromatic carbocycles. The molecule has 4 nitrogen and oxygen atoms in total. The van der Waals surface area contributed by atoms with Crippen LogP contribution < -0.4 is 9.47 Å². The molecule has 118 valence electrons. The largest absolute Gasteiger partial charge is 0.454 e. The van der Waals surface area contributed by atoms with Gasteiger partial charge in [-0.1, -0.05) is 18.2 Å². The zero-order valence-electron chi connectivity index (χ0n) is 12.5. The highest BCUT2D eigenvalue weighted by Crippen LogP contribution is 2.42. The van der Waals surface area contributed by atoms with E-state index in [0.29, 0.717) is 4.90 Å². The van der Waals surface area contributed by atoms with E-state index in [1.54, 1.807) is 12.1 Å². The van der Waals surface area contributed by atoms with Crippen LogP contribution in [0.4, 0.5) is 0 Å². The van der Waals surface area contributed by atoms with E-state index in [1.165, 1.54) is 11.1 Å². The molecule has 1 atom stereocenters. The topological polar surface area (TPSA) is 55.8 Å². The van der Waals surface area contributed by atoms with Crippen molar-refractivity contribution in [3.05, 3.63) is 53.6 Å². The third kappa shape index (κ3) is 2.66. The molecule has 0 fully saturated rings. The van der Waals surface area contributed by atoms with Crippen molar-refractivity contribution in [2.24, 2.45) is 0 Å². The summed E-state index contributed by atoms with van der Waals surface area (Å²) in [7, 11) is 0. The van der Waals surface area contributed by atoms with Crippen molar-refractivity contribution in [1.29, 1.82) is 0 Å². The summed E-state index contributed by atoms with van der Waals surface area (Å²) in [6.07, 6.45) is 3.17. The van der Waals surface area contributed by atoms with Crippen LogP contribution in [-0.2, 0) is 11.1 Å². The molecule has 0 spiro atoms. The van der Waals surface area contributed by atoms with Crippen LogP contribution in [-0.4, -0.2) is 15.6 Å². The summed E-state index contributed by atoms with van der Waals surface area (Å²) in [5.74, 6) is 1.59. The van der Waals surface area contributed by atoms with Crippen LogP contribution in [0, 0.1) is 0 Å². The van der Waals surface area contributed by atoms with Crippen LogP contribution in [0.1, 0.15) is 30.4 Å². The lowest BCUT2D eigenvalue weighted by atomic mass is 9.97. The number of allylic oxidation sites excluding steroid dienone is 2.